The van der Waals surface area contributed by atoms with E-state index in [4.69, 9.17) is 25.3 Å². The number of ether oxygens (including phenoxy) is 2. The Balaban J connectivity index is 1.83. The van der Waals surface area contributed by atoms with Gasteiger partial charge in [-0.3, -0.25) is 4.18 Å². The summed E-state index contributed by atoms with van der Waals surface area (Å²) in [5.41, 5.74) is 7.36. The van der Waals surface area contributed by atoms with Crippen molar-refractivity contribution in [1.82, 2.24) is 19.5 Å². The molecule has 14 heteroatoms. The van der Waals surface area contributed by atoms with Crippen molar-refractivity contribution in [3.05, 3.63) is 57.3 Å². The van der Waals surface area contributed by atoms with Crippen LogP contribution in [-0.2, 0) is 24.0 Å². The summed E-state index contributed by atoms with van der Waals surface area (Å²) in [5, 5.41) is 4.90. The number of aromatic nitrogens is 4. The standard InChI is InChI=1S/C20H22FIN6O5S/c1-11(5-4-8-33-34(24,29)30)28-18(25-16-17(23)26-20(21)27-19(16)28)15(14-9-31-10-32-14)12-6-2-3-7-13(12)22/h2-3,6-7,9,11,15H,4-5,8,10H2,1H3,(H2,23,26,27)(H2,24,29,30). The second kappa shape index (κ2) is 9.97. The second-order valence-electron chi connectivity index (χ2n) is 7.60. The molecule has 0 saturated heterocycles. The summed E-state index contributed by atoms with van der Waals surface area (Å²) < 4.78 is 54.7. The first-order valence-electron chi connectivity index (χ1n) is 10.2. The SMILES string of the molecule is CC(CCCOS(N)(=O)=O)n1c(C(C2=COCO2)c2ccccc2I)nc2c(N)nc(F)nc21. The van der Waals surface area contributed by atoms with Crippen molar-refractivity contribution in [2.24, 2.45) is 5.14 Å². The Kier molecular flexibility index (Phi) is 7.20. The molecule has 0 amide bonds. The monoisotopic (exact) mass is 604 g/mol. The number of imidazole rings is 1. The summed E-state index contributed by atoms with van der Waals surface area (Å²) in [4.78, 5) is 12.3. The molecule has 0 aliphatic carbocycles. The minimum absolute atomic E-state index is 0.0620. The van der Waals surface area contributed by atoms with Crippen LogP contribution in [0.15, 0.2) is 36.3 Å². The number of anilines is 1. The zero-order valence-corrected chi connectivity index (χ0v) is 21.0. The summed E-state index contributed by atoms with van der Waals surface area (Å²) in [5.74, 6) is 0.432. The first kappa shape index (κ1) is 24.6. The number of hydrogen-bond acceptors (Lipinski definition) is 9. The largest absolute Gasteiger partial charge is 0.462 e. The van der Waals surface area contributed by atoms with E-state index in [1.54, 1.807) is 4.57 Å². The average molecular weight is 604 g/mol. The van der Waals surface area contributed by atoms with E-state index in [2.05, 4.69) is 36.7 Å². The van der Waals surface area contributed by atoms with E-state index in [-0.39, 0.29) is 36.4 Å². The summed E-state index contributed by atoms with van der Waals surface area (Å²) in [6.07, 6.45) is 1.36. The van der Waals surface area contributed by atoms with Gasteiger partial charge < -0.3 is 19.8 Å². The number of allylic oxidation sites excluding steroid dienone is 1. The molecule has 3 aromatic rings. The topological polar surface area (TPSA) is 157 Å². The third kappa shape index (κ3) is 5.24. The predicted octanol–water partition coefficient (Wildman–Crippen LogP) is 2.69. The van der Waals surface area contributed by atoms with Crippen LogP contribution in [-0.4, -0.2) is 41.3 Å². The molecule has 1 aliphatic rings. The van der Waals surface area contributed by atoms with Crippen molar-refractivity contribution >= 4 is 49.9 Å². The number of fused-ring (bicyclic) bond motifs is 1. The predicted molar refractivity (Wildman–Crippen MR) is 129 cm³/mol. The number of benzene rings is 1. The van der Waals surface area contributed by atoms with Gasteiger partial charge in [-0.15, -0.1) is 0 Å². The maximum absolute atomic E-state index is 14.2. The van der Waals surface area contributed by atoms with Crippen LogP contribution in [0.5, 0.6) is 0 Å². The number of nitrogens with two attached hydrogens (primary N) is 2. The number of nitrogens with zero attached hydrogens (tertiary/aromatic N) is 4. The van der Waals surface area contributed by atoms with Gasteiger partial charge in [0.05, 0.1) is 6.61 Å². The lowest BCUT2D eigenvalue weighted by molar-refractivity contribution is 0.0763. The quantitative estimate of drug-likeness (QED) is 0.213. The van der Waals surface area contributed by atoms with Crippen molar-refractivity contribution in [2.75, 3.05) is 19.1 Å². The zero-order valence-electron chi connectivity index (χ0n) is 18.0. The van der Waals surface area contributed by atoms with E-state index in [0.29, 0.717) is 24.4 Å². The summed E-state index contributed by atoms with van der Waals surface area (Å²) in [6.45, 7) is 1.84. The fraction of sp³-hybridized carbons (Fsp3) is 0.350. The van der Waals surface area contributed by atoms with Gasteiger partial charge in [-0.1, -0.05) is 18.2 Å². The highest BCUT2D eigenvalue weighted by molar-refractivity contribution is 14.1. The third-order valence-corrected chi connectivity index (χ3v) is 6.75. The minimum atomic E-state index is -4.04. The molecule has 4 N–H and O–H groups in total. The van der Waals surface area contributed by atoms with Gasteiger partial charge in [-0.2, -0.15) is 22.8 Å². The van der Waals surface area contributed by atoms with Crippen LogP contribution >= 0.6 is 22.6 Å². The van der Waals surface area contributed by atoms with Crippen LogP contribution < -0.4 is 10.9 Å². The molecule has 182 valence electrons. The van der Waals surface area contributed by atoms with Gasteiger partial charge >= 0.3 is 16.4 Å². The molecular formula is C20H22FIN6O5S. The number of halogens is 2. The molecule has 2 aromatic heterocycles. The molecule has 4 rings (SSSR count). The molecule has 2 atom stereocenters. The fourth-order valence-electron chi connectivity index (χ4n) is 3.84. The van der Waals surface area contributed by atoms with Gasteiger partial charge in [0.25, 0.3) is 0 Å². The third-order valence-electron chi connectivity index (χ3n) is 5.27. The lowest BCUT2D eigenvalue weighted by Crippen LogP contribution is -2.19. The number of rotatable bonds is 9. The molecule has 3 heterocycles. The van der Waals surface area contributed by atoms with Gasteiger partial charge in [0.1, 0.15) is 23.8 Å². The van der Waals surface area contributed by atoms with Gasteiger partial charge in [0.2, 0.25) is 6.79 Å². The van der Waals surface area contributed by atoms with E-state index in [9.17, 15) is 12.8 Å². The zero-order chi connectivity index (χ0) is 24.5. The smallest absolute Gasteiger partial charge is 0.333 e. The lowest BCUT2D eigenvalue weighted by Gasteiger charge is -2.23. The van der Waals surface area contributed by atoms with Crippen LogP contribution in [0.3, 0.4) is 0 Å². The maximum atomic E-state index is 14.2. The molecule has 0 bridgehead atoms. The van der Waals surface area contributed by atoms with Gasteiger partial charge in [0, 0.05) is 9.61 Å². The molecule has 1 aliphatic heterocycles. The molecule has 1 aromatic carbocycles. The van der Waals surface area contributed by atoms with Crippen molar-refractivity contribution < 1.29 is 26.5 Å². The summed E-state index contributed by atoms with van der Waals surface area (Å²) in [7, 11) is -4.04. The van der Waals surface area contributed by atoms with Crippen LogP contribution in [0.4, 0.5) is 10.2 Å². The molecule has 0 saturated carbocycles. The lowest BCUT2D eigenvalue weighted by atomic mass is 9.96. The average Bonchev–Trinajstić information content (AvgIpc) is 3.41. The van der Waals surface area contributed by atoms with Gasteiger partial charge in [-0.05, 0) is 54.0 Å². The van der Waals surface area contributed by atoms with Crippen LogP contribution in [0, 0.1) is 9.65 Å². The minimum Gasteiger partial charge on any atom is -0.462 e. The molecule has 0 fully saturated rings. The van der Waals surface area contributed by atoms with Crippen LogP contribution in [0.25, 0.3) is 11.2 Å². The van der Waals surface area contributed by atoms with Crippen molar-refractivity contribution in [3.8, 4) is 0 Å². The Morgan fingerprint density at radius 1 is 1.29 bits per heavy atom. The van der Waals surface area contributed by atoms with E-state index in [0.717, 1.165) is 9.13 Å². The summed E-state index contributed by atoms with van der Waals surface area (Å²) in [6, 6.07) is 7.41. The normalized spacial score (nSPS) is 15.6. The van der Waals surface area contributed by atoms with E-state index < -0.39 is 22.3 Å². The van der Waals surface area contributed by atoms with Crippen LogP contribution in [0.1, 0.15) is 43.1 Å². The number of hydrogen-bond donors (Lipinski definition) is 2. The molecule has 2 unspecified atom stereocenters. The molecule has 11 nitrogen and oxygen atoms in total. The highest BCUT2D eigenvalue weighted by atomic mass is 127. The molecule has 0 radical (unpaired) electrons. The fourth-order valence-corrected chi connectivity index (χ4v) is 4.89. The van der Waals surface area contributed by atoms with E-state index in [1.807, 2.05) is 31.2 Å². The summed E-state index contributed by atoms with van der Waals surface area (Å²) >= 11 is 2.22. The Morgan fingerprint density at radius 2 is 2.06 bits per heavy atom. The van der Waals surface area contributed by atoms with Crippen molar-refractivity contribution in [2.45, 2.75) is 31.7 Å². The Hall–Kier alpha value is -2.56. The molecule has 0 spiro atoms. The van der Waals surface area contributed by atoms with Crippen LogP contribution in [0.2, 0.25) is 0 Å². The first-order valence-corrected chi connectivity index (χ1v) is 12.8. The Morgan fingerprint density at radius 3 is 2.74 bits per heavy atom. The number of nitrogen functional groups attached to an aromatic ring is 1. The van der Waals surface area contributed by atoms with E-state index in [1.165, 1.54) is 6.26 Å². The second-order valence-corrected chi connectivity index (χ2v) is 9.98. The van der Waals surface area contributed by atoms with Crippen molar-refractivity contribution in [1.29, 1.82) is 0 Å². The maximum Gasteiger partial charge on any atom is 0.333 e. The molecule has 34 heavy (non-hydrogen) atoms. The van der Waals surface area contributed by atoms with Gasteiger partial charge in [0.15, 0.2) is 17.0 Å². The first-order chi connectivity index (χ1) is 16.2. The van der Waals surface area contributed by atoms with Gasteiger partial charge in [-0.25, -0.2) is 10.1 Å². The highest BCUT2D eigenvalue weighted by Crippen LogP contribution is 2.39. The van der Waals surface area contributed by atoms with Crippen molar-refractivity contribution in [3.63, 3.8) is 0 Å². The molecular weight excluding hydrogens is 582 g/mol. The highest BCUT2D eigenvalue weighted by Gasteiger charge is 2.33. The van der Waals surface area contributed by atoms with E-state index >= 15 is 0 Å². The Bertz CT molecular complexity index is 1350. The Labute approximate surface area is 208 Å².